The van der Waals surface area contributed by atoms with Crippen LogP contribution in [0, 0.1) is 5.92 Å². The van der Waals surface area contributed by atoms with Crippen LogP contribution in [0.2, 0.25) is 10.0 Å². The van der Waals surface area contributed by atoms with Crippen LogP contribution in [0.4, 0.5) is 19.0 Å². The van der Waals surface area contributed by atoms with E-state index in [0.717, 1.165) is 12.1 Å². The monoisotopic (exact) mass is 591 g/mol. The lowest BCUT2D eigenvalue weighted by Gasteiger charge is -2.24. The number of alkyl halides is 3. The SMILES string of the molecule is CC(C)Cc1nc(N2CCCN(C(=O)c3ccc(Cl)c(Cl)c3)CC2)c2c(-c3cccc(C(F)(F)F)c3)noc2n1. The molecule has 0 unspecified atom stereocenters. The van der Waals surface area contributed by atoms with E-state index in [2.05, 4.69) is 10.1 Å². The molecule has 1 aliphatic heterocycles. The first-order chi connectivity index (χ1) is 19.0. The van der Waals surface area contributed by atoms with Gasteiger partial charge in [-0.3, -0.25) is 4.79 Å². The lowest BCUT2D eigenvalue weighted by molar-refractivity contribution is -0.137. The Balaban J connectivity index is 1.51. The minimum absolute atomic E-state index is 0.164. The van der Waals surface area contributed by atoms with Crippen molar-refractivity contribution < 1.29 is 22.5 Å². The van der Waals surface area contributed by atoms with E-state index in [4.69, 9.17) is 32.7 Å². The molecule has 1 fully saturated rings. The molecular weight excluding hydrogens is 566 g/mol. The number of nitrogens with zero attached hydrogens (tertiary/aromatic N) is 5. The van der Waals surface area contributed by atoms with Gasteiger partial charge in [-0.25, -0.2) is 4.98 Å². The number of anilines is 1. The number of aromatic nitrogens is 3. The molecule has 0 saturated carbocycles. The second-order valence-corrected chi connectivity index (χ2v) is 10.9. The summed E-state index contributed by atoms with van der Waals surface area (Å²) in [5.74, 6) is 1.18. The van der Waals surface area contributed by atoms with E-state index in [0.29, 0.717) is 71.7 Å². The second kappa shape index (κ2) is 11.2. The minimum atomic E-state index is -4.51. The summed E-state index contributed by atoms with van der Waals surface area (Å²) in [5.41, 5.74) is 0.353. The van der Waals surface area contributed by atoms with Crippen LogP contribution in [-0.2, 0) is 12.6 Å². The first kappa shape index (κ1) is 28.2. The molecule has 12 heteroatoms. The van der Waals surface area contributed by atoms with Gasteiger partial charge in [0, 0.05) is 43.7 Å². The van der Waals surface area contributed by atoms with Gasteiger partial charge in [0.15, 0.2) is 0 Å². The van der Waals surface area contributed by atoms with Crippen LogP contribution in [0.25, 0.3) is 22.4 Å². The number of carbonyl (C=O) groups excluding carboxylic acids is 1. The van der Waals surface area contributed by atoms with Crippen molar-refractivity contribution in [1.29, 1.82) is 0 Å². The largest absolute Gasteiger partial charge is 0.416 e. The first-order valence-corrected chi connectivity index (χ1v) is 13.6. The molecular formula is C28H26Cl2F3N5O2. The third-order valence-corrected chi connectivity index (χ3v) is 7.41. The molecule has 40 heavy (non-hydrogen) atoms. The fourth-order valence-corrected chi connectivity index (χ4v) is 5.05. The average molecular weight is 592 g/mol. The van der Waals surface area contributed by atoms with E-state index < -0.39 is 11.7 Å². The molecule has 5 rings (SSSR count). The standard InChI is InChI=1S/C28H26Cl2F3N5O2/c1-16(2)13-22-34-25(23-24(36-40-26(23)35-22)17-5-3-6-19(14-17)28(31,32)33)37-9-4-10-38(12-11-37)27(39)18-7-8-20(29)21(30)15-18/h3,5-8,14-16H,4,9-13H2,1-2H3. The lowest BCUT2D eigenvalue weighted by Crippen LogP contribution is -2.35. The lowest BCUT2D eigenvalue weighted by atomic mass is 10.1. The van der Waals surface area contributed by atoms with Crippen LogP contribution in [0.15, 0.2) is 47.0 Å². The maximum absolute atomic E-state index is 13.5. The number of rotatable bonds is 5. The Hall–Kier alpha value is -3.37. The summed E-state index contributed by atoms with van der Waals surface area (Å²) in [5, 5.41) is 5.24. The highest BCUT2D eigenvalue weighted by Crippen LogP contribution is 2.37. The van der Waals surface area contributed by atoms with Crippen molar-refractivity contribution in [1.82, 2.24) is 20.0 Å². The fraction of sp³-hybridized carbons (Fsp3) is 0.357. The molecule has 1 amide bonds. The Kier molecular flexibility index (Phi) is 7.92. The first-order valence-electron chi connectivity index (χ1n) is 12.8. The summed E-state index contributed by atoms with van der Waals surface area (Å²) in [6.45, 7) is 5.99. The molecule has 0 radical (unpaired) electrons. The van der Waals surface area contributed by atoms with E-state index in [9.17, 15) is 18.0 Å². The number of amides is 1. The van der Waals surface area contributed by atoms with Crippen molar-refractivity contribution in [2.45, 2.75) is 32.9 Å². The molecule has 0 aliphatic carbocycles. The highest BCUT2D eigenvalue weighted by molar-refractivity contribution is 6.42. The van der Waals surface area contributed by atoms with Crippen LogP contribution >= 0.6 is 23.2 Å². The molecule has 3 heterocycles. The van der Waals surface area contributed by atoms with Gasteiger partial charge in [-0.15, -0.1) is 0 Å². The van der Waals surface area contributed by atoms with Gasteiger partial charge in [0.25, 0.3) is 11.6 Å². The number of halogens is 5. The zero-order valence-electron chi connectivity index (χ0n) is 21.8. The highest BCUT2D eigenvalue weighted by atomic mass is 35.5. The third kappa shape index (κ3) is 5.88. The van der Waals surface area contributed by atoms with E-state index in [1.54, 1.807) is 29.2 Å². The third-order valence-electron chi connectivity index (χ3n) is 6.67. The average Bonchev–Trinajstić information content (AvgIpc) is 3.17. The van der Waals surface area contributed by atoms with Crippen molar-refractivity contribution >= 4 is 46.0 Å². The quantitative estimate of drug-likeness (QED) is 0.245. The highest BCUT2D eigenvalue weighted by Gasteiger charge is 2.32. The number of fused-ring (bicyclic) bond motifs is 1. The molecule has 0 bridgehead atoms. The van der Waals surface area contributed by atoms with Crippen LogP contribution < -0.4 is 4.90 Å². The van der Waals surface area contributed by atoms with Crippen molar-refractivity contribution in [2.24, 2.45) is 5.92 Å². The van der Waals surface area contributed by atoms with Gasteiger partial charge in [0.2, 0.25) is 0 Å². The Morgan fingerprint density at radius 1 is 1.02 bits per heavy atom. The van der Waals surface area contributed by atoms with Gasteiger partial charge in [0.05, 0.1) is 15.6 Å². The van der Waals surface area contributed by atoms with Crippen molar-refractivity contribution in [3.63, 3.8) is 0 Å². The van der Waals surface area contributed by atoms with E-state index >= 15 is 0 Å². The van der Waals surface area contributed by atoms with Gasteiger partial charge in [0.1, 0.15) is 22.7 Å². The summed E-state index contributed by atoms with van der Waals surface area (Å²) in [6.07, 6.45) is -3.28. The number of carbonyl (C=O) groups is 1. The predicted molar refractivity (Wildman–Crippen MR) is 148 cm³/mol. The normalized spacial score (nSPS) is 14.7. The molecule has 1 saturated heterocycles. The van der Waals surface area contributed by atoms with E-state index in [1.165, 1.54) is 6.07 Å². The molecule has 0 spiro atoms. The molecule has 1 aliphatic rings. The molecule has 4 aromatic rings. The van der Waals surface area contributed by atoms with Crippen LogP contribution in [-0.4, -0.2) is 52.1 Å². The number of benzene rings is 2. The Bertz CT molecular complexity index is 1560. The Morgan fingerprint density at radius 3 is 2.55 bits per heavy atom. The summed E-state index contributed by atoms with van der Waals surface area (Å²) in [4.78, 5) is 26.4. The number of hydrogen-bond donors (Lipinski definition) is 0. The minimum Gasteiger partial charge on any atom is -0.354 e. The van der Waals surface area contributed by atoms with Gasteiger partial charge in [-0.2, -0.15) is 18.2 Å². The smallest absolute Gasteiger partial charge is 0.354 e. The Morgan fingerprint density at radius 2 is 1.82 bits per heavy atom. The molecule has 7 nitrogen and oxygen atoms in total. The Labute approximate surface area is 238 Å². The van der Waals surface area contributed by atoms with Gasteiger partial charge < -0.3 is 14.3 Å². The van der Waals surface area contributed by atoms with Gasteiger partial charge in [-0.1, -0.05) is 54.3 Å². The summed E-state index contributed by atoms with van der Waals surface area (Å²) in [7, 11) is 0. The van der Waals surface area contributed by atoms with Crippen LogP contribution in [0.5, 0.6) is 0 Å². The van der Waals surface area contributed by atoms with Gasteiger partial charge in [-0.05, 0) is 42.7 Å². The molecule has 0 atom stereocenters. The number of hydrogen-bond acceptors (Lipinski definition) is 6. The van der Waals surface area contributed by atoms with Crippen molar-refractivity contribution in [3.05, 3.63) is 69.5 Å². The predicted octanol–water partition coefficient (Wildman–Crippen LogP) is 7.16. The van der Waals surface area contributed by atoms with E-state index in [1.807, 2.05) is 18.7 Å². The van der Waals surface area contributed by atoms with Gasteiger partial charge >= 0.3 is 6.18 Å². The summed E-state index contributed by atoms with van der Waals surface area (Å²) < 4.78 is 45.9. The topological polar surface area (TPSA) is 75.4 Å². The van der Waals surface area contributed by atoms with Crippen molar-refractivity contribution in [2.75, 3.05) is 31.1 Å². The molecule has 210 valence electrons. The zero-order valence-corrected chi connectivity index (χ0v) is 23.3. The summed E-state index contributed by atoms with van der Waals surface area (Å²) >= 11 is 12.1. The van der Waals surface area contributed by atoms with Crippen molar-refractivity contribution in [3.8, 4) is 11.3 Å². The maximum atomic E-state index is 13.5. The maximum Gasteiger partial charge on any atom is 0.416 e. The fourth-order valence-electron chi connectivity index (χ4n) is 4.75. The van der Waals surface area contributed by atoms with Crippen LogP contribution in [0.1, 0.15) is 42.0 Å². The molecule has 2 aromatic carbocycles. The summed E-state index contributed by atoms with van der Waals surface area (Å²) in [6, 6.07) is 9.74. The molecule has 0 N–H and O–H groups in total. The second-order valence-electron chi connectivity index (χ2n) is 10.1. The zero-order chi connectivity index (χ0) is 28.6. The van der Waals surface area contributed by atoms with Crippen LogP contribution in [0.3, 0.4) is 0 Å². The van der Waals surface area contributed by atoms with E-state index in [-0.39, 0.29) is 28.8 Å². The molecule has 2 aromatic heterocycles.